The molecule has 0 amide bonds. The van der Waals surface area contributed by atoms with Crippen molar-refractivity contribution in [2.75, 3.05) is 26.7 Å². The number of aliphatic imine (C=N–C) groups is 1. The summed E-state index contributed by atoms with van der Waals surface area (Å²) >= 11 is 6.16. The summed E-state index contributed by atoms with van der Waals surface area (Å²) < 4.78 is 0. The molecule has 2 rings (SSSR count). The summed E-state index contributed by atoms with van der Waals surface area (Å²) in [6.07, 6.45) is 23.4. The van der Waals surface area contributed by atoms with Crippen LogP contribution in [0.15, 0.2) is 86.7 Å². The Bertz CT molecular complexity index is 985. The van der Waals surface area contributed by atoms with Crippen LogP contribution >= 0.6 is 11.6 Å². The number of piperidine rings is 1. The smallest absolute Gasteiger partial charge is 0.0698 e. The van der Waals surface area contributed by atoms with Crippen molar-refractivity contribution in [1.29, 1.82) is 0 Å². The van der Waals surface area contributed by atoms with Crippen molar-refractivity contribution >= 4 is 17.8 Å². The van der Waals surface area contributed by atoms with Crippen LogP contribution < -0.4 is 5.32 Å². The fraction of sp³-hybridized carbons (Fsp3) is 0.514. The van der Waals surface area contributed by atoms with E-state index in [1.807, 2.05) is 45.5 Å². The number of hydrogen-bond donors (Lipinski definition) is 1. The lowest BCUT2D eigenvalue weighted by Gasteiger charge is -2.31. The second kappa shape index (κ2) is 22.3. The van der Waals surface area contributed by atoms with Gasteiger partial charge in [0.25, 0.3) is 0 Å². The minimum absolute atomic E-state index is 0.379. The van der Waals surface area contributed by atoms with E-state index in [0.29, 0.717) is 12.3 Å². The molecule has 1 atom stereocenters. The van der Waals surface area contributed by atoms with Gasteiger partial charge in [0.15, 0.2) is 0 Å². The summed E-state index contributed by atoms with van der Waals surface area (Å²) in [6.45, 7) is 22.0. The number of nitrogens with zero attached hydrogens (tertiary/aromatic N) is 2. The SMILES string of the molecule is C#CCC=NC1=C(CC)C(C)CC(C=C)=C(/C=C\Cl)C1=C1CCN(CC(/C=C\NC)=C/C)CC1.CC.CCC. The van der Waals surface area contributed by atoms with Gasteiger partial charge < -0.3 is 5.32 Å². The highest BCUT2D eigenvalue weighted by atomic mass is 35.5. The van der Waals surface area contributed by atoms with Gasteiger partial charge in [0, 0.05) is 50.4 Å². The van der Waals surface area contributed by atoms with Gasteiger partial charge in [0.2, 0.25) is 0 Å². The van der Waals surface area contributed by atoms with E-state index in [1.165, 1.54) is 34.3 Å². The Labute approximate surface area is 246 Å². The molecule has 1 fully saturated rings. The zero-order valence-electron chi connectivity index (χ0n) is 26.0. The largest absolute Gasteiger partial charge is 0.394 e. The molecule has 0 bridgehead atoms. The van der Waals surface area contributed by atoms with Gasteiger partial charge in [-0.1, -0.05) is 83.9 Å². The maximum atomic E-state index is 6.16. The molecule has 2 aliphatic rings. The van der Waals surface area contributed by atoms with Crippen LogP contribution in [0.5, 0.6) is 0 Å². The fourth-order valence-electron chi connectivity index (χ4n) is 4.82. The highest BCUT2D eigenvalue weighted by Gasteiger charge is 2.28. The number of halogens is 1. The van der Waals surface area contributed by atoms with Crippen molar-refractivity contribution in [2.24, 2.45) is 10.9 Å². The molecule has 0 saturated carbocycles. The van der Waals surface area contributed by atoms with Crippen molar-refractivity contribution in [3.63, 3.8) is 0 Å². The molecule has 39 heavy (non-hydrogen) atoms. The molecule has 0 spiro atoms. The summed E-state index contributed by atoms with van der Waals surface area (Å²) in [6, 6.07) is 0. The monoisotopic (exact) mass is 551 g/mol. The van der Waals surface area contributed by atoms with Gasteiger partial charge in [0.05, 0.1) is 5.70 Å². The molecule has 4 heteroatoms. The lowest BCUT2D eigenvalue weighted by atomic mass is 9.87. The summed E-state index contributed by atoms with van der Waals surface area (Å²) in [5, 5.41) is 3.08. The van der Waals surface area contributed by atoms with Crippen molar-refractivity contribution in [2.45, 2.75) is 87.0 Å². The quantitative estimate of drug-likeness (QED) is 0.175. The molecule has 1 heterocycles. The Morgan fingerprint density at radius 1 is 1.23 bits per heavy atom. The standard InChI is InChI=1S/C30H40ClN3.C3H8.C2H6/c1-7-11-17-33-30-27(10-4)23(5)21-25(9-3)28(12-16-31)29(30)26-14-19-34(20-15-26)22-24(8-2)13-18-32-6;1-3-2;1-2/h1,8-9,12-13,16-18,23,32H,3,10-11,14-15,19-22H2,2,4-6H3;3H2,1-2H3;1-2H3/b16-12-,18-13-,24-8+,33-17?;;. The van der Waals surface area contributed by atoms with Crippen LogP contribution in [0.1, 0.15) is 87.0 Å². The Morgan fingerprint density at radius 2 is 1.87 bits per heavy atom. The first kappa shape index (κ1) is 36.5. The molecule has 0 aromatic carbocycles. The Balaban J connectivity index is 0.00000269. The zero-order valence-corrected chi connectivity index (χ0v) is 26.8. The molecule has 1 unspecified atom stereocenters. The second-order valence-corrected chi connectivity index (χ2v) is 9.69. The van der Waals surface area contributed by atoms with E-state index in [1.54, 1.807) is 5.54 Å². The highest BCUT2D eigenvalue weighted by molar-refractivity contribution is 6.25. The summed E-state index contributed by atoms with van der Waals surface area (Å²) in [5.41, 5.74) is 10.5. The molecule has 1 saturated heterocycles. The van der Waals surface area contributed by atoms with Crippen LogP contribution in [0.3, 0.4) is 0 Å². The summed E-state index contributed by atoms with van der Waals surface area (Å²) in [7, 11) is 1.93. The van der Waals surface area contributed by atoms with Gasteiger partial charge in [-0.25, -0.2) is 0 Å². The molecule has 0 aromatic rings. The topological polar surface area (TPSA) is 27.6 Å². The van der Waals surface area contributed by atoms with Crippen LogP contribution in [-0.2, 0) is 0 Å². The van der Waals surface area contributed by atoms with Gasteiger partial charge >= 0.3 is 0 Å². The van der Waals surface area contributed by atoms with Gasteiger partial charge in [-0.2, -0.15) is 0 Å². The van der Waals surface area contributed by atoms with Crippen molar-refractivity contribution in [3.05, 3.63) is 81.8 Å². The molecular formula is C35H54ClN3. The normalized spacial score (nSPS) is 19.1. The first-order chi connectivity index (χ1) is 18.9. The average Bonchev–Trinajstić information content (AvgIpc) is 3.06. The van der Waals surface area contributed by atoms with Crippen LogP contribution in [0, 0.1) is 18.3 Å². The first-order valence-corrected chi connectivity index (χ1v) is 15.1. The minimum atomic E-state index is 0.379. The zero-order chi connectivity index (χ0) is 29.6. The van der Waals surface area contributed by atoms with E-state index in [2.05, 4.69) is 69.5 Å². The number of hydrogen-bond acceptors (Lipinski definition) is 3. The summed E-state index contributed by atoms with van der Waals surface area (Å²) in [4.78, 5) is 7.51. The van der Waals surface area contributed by atoms with Crippen molar-refractivity contribution in [3.8, 4) is 12.3 Å². The van der Waals surface area contributed by atoms with Crippen LogP contribution in [-0.4, -0.2) is 37.8 Å². The van der Waals surface area contributed by atoms with Crippen LogP contribution in [0.25, 0.3) is 0 Å². The van der Waals surface area contributed by atoms with E-state index < -0.39 is 0 Å². The van der Waals surface area contributed by atoms with Gasteiger partial charge in [-0.15, -0.1) is 12.3 Å². The van der Waals surface area contributed by atoms with E-state index in [-0.39, 0.29) is 0 Å². The van der Waals surface area contributed by atoms with E-state index in [0.717, 1.165) is 56.6 Å². The third-order valence-corrected chi connectivity index (χ3v) is 6.74. The van der Waals surface area contributed by atoms with Crippen molar-refractivity contribution in [1.82, 2.24) is 10.2 Å². The Morgan fingerprint density at radius 3 is 2.36 bits per heavy atom. The van der Waals surface area contributed by atoms with Gasteiger partial charge in [0.1, 0.15) is 0 Å². The lowest BCUT2D eigenvalue weighted by molar-refractivity contribution is 0.278. The van der Waals surface area contributed by atoms with E-state index >= 15 is 0 Å². The molecule has 216 valence electrons. The van der Waals surface area contributed by atoms with Crippen LogP contribution in [0.2, 0.25) is 0 Å². The third kappa shape index (κ3) is 12.0. The third-order valence-electron chi connectivity index (χ3n) is 6.62. The number of rotatable bonds is 9. The second-order valence-electron chi connectivity index (χ2n) is 9.44. The maximum absolute atomic E-state index is 6.16. The number of terminal acetylenes is 1. The molecule has 0 aromatic heterocycles. The number of likely N-dealkylation sites (tertiary alicyclic amines) is 1. The first-order valence-electron chi connectivity index (χ1n) is 14.7. The number of nitrogens with one attached hydrogen (secondary N) is 1. The van der Waals surface area contributed by atoms with Crippen molar-refractivity contribution < 1.29 is 0 Å². The Hall–Kier alpha value is -2.54. The average molecular weight is 552 g/mol. The summed E-state index contributed by atoms with van der Waals surface area (Å²) in [5.74, 6) is 3.07. The predicted molar refractivity (Wildman–Crippen MR) is 177 cm³/mol. The van der Waals surface area contributed by atoms with Gasteiger partial charge in [-0.05, 0) is 79.2 Å². The van der Waals surface area contributed by atoms with Crippen LogP contribution in [0.4, 0.5) is 0 Å². The molecule has 3 nitrogen and oxygen atoms in total. The molecule has 1 N–H and O–H groups in total. The predicted octanol–water partition coefficient (Wildman–Crippen LogP) is 9.53. The molecular weight excluding hydrogens is 498 g/mol. The van der Waals surface area contributed by atoms with Gasteiger partial charge in [-0.3, -0.25) is 9.89 Å². The highest BCUT2D eigenvalue weighted by Crippen LogP contribution is 2.42. The lowest BCUT2D eigenvalue weighted by Crippen LogP contribution is -2.32. The van der Waals surface area contributed by atoms with E-state index in [9.17, 15) is 0 Å². The Kier molecular flexibility index (Phi) is 20.8. The minimum Gasteiger partial charge on any atom is -0.394 e. The molecule has 0 radical (unpaired) electrons. The van der Waals surface area contributed by atoms with E-state index in [4.69, 9.17) is 23.0 Å². The maximum Gasteiger partial charge on any atom is 0.0698 e. The molecule has 1 aliphatic carbocycles. The fourth-order valence-corrected chi connectivity index (χ4v) is 4.95. The molecule has 1 aliphatic heterocycles. The number of allylic oxidation sites excluding steroid dienone is 6.